The molecule has 0 bridgehead atoms. The number of carboxylic acid groups (broad SMARTS) is 1. The molecular weight excluding hydrogens is 342 g/mol. The summed E-state index contributed by atoms with van der Waals surface area (Å²) in [5.74, 6) is -0.345. The Balaban J connectivity index is 1.59. The minimum Gasteiger partial charge on any atom is -0.480 e. The third-order valence-corrected chi connectivity index (χ3v) is 5.39. The van der Waals surface area contributed by atoms with Gasteiger partial charge in [0, 0.05) is 25.2 Å². The number of carboxylic acids is 1. The smallest absolute Gasteiger partial charge is 0.317 e. The van der Waals surface area contributed by atoms with Crippen LogP contribution in [0.15, 0.2) is 28.1 Å². The maximum atomic E-state index is 12.6. The van der Waals surface area contributed by atoms with E-state index in [1.807, 2.05) is 29.3 Å². The van der Waals surface area contributed by atoms with Crippen LogP contribution in [0.3, 0.4) is 0 Å². The van der Waals surface area contributed by atoms with Gasteiger partial charge < -0.3 is 14.5 Å². The highest BCUT2D eigenvalue weighted by Crippen LogP contribution is 2.26. The summed E-state index contributed by atoms with van der Waals surface area (Å²) in [5, 5.41) is 14.8. The molecule has 0 unspecified atom stereocenters. The molecule has 2 aromatic heterocycles. The third kappa shape index (κ3) is 4.08. The lowest BCUT2D eigenvalue weighted by atomic mass is 10.0. The Labute approximate surface area is 149 Å². The van der Waals surface area contributed by atoms with Gasteiger partial charge in [-0.2, -0.15) is 0 Å². The minimum atomic E-state index is -0.816. The molecule has 3 heterocycles. The van der Waals surface area contributed by atoms with E-state index in [2.05, 4.69) is 5.16 Å². The average Bonchev–Trinajstić information content (AvgIpc) is 3.30. The molecule has 0 radical (unpaired) electrons. The van der Waals surface area contributed by atoms with Gasteiger partial charge in [-0.1, -0.05) is 18.1 Å². The molecule has 1 aliphatic heterocycles. The number of amides is 1. The van der Waals surface area contributed by atoms with Crippen LogP contribution in [-0.2, 0) is 4.79 Å². The van der Waals surface area contributed by atoms with Gasteiger partial charge in [-0.3, -0.25) is 14.5 Å². The Bertz CT molecular complexity index is 720. The molecule has 0 aromatic carbocycles. The van der Waals surface area contributed by atoms with E-state index < -0.39 is 5.97 Å². The second-order valence-corrected chi connectivity index (χ2v) is 6.98. The number of hydrogen-bond acceptors (Lipinski definition) is 6. The van der Waals surface area contributed by atoms with Gasteiger partial charge in [0.1, 0.15) is 0 Å². The molecule has 7 nitrogen and oxygen atoms in total. The van der Waals surface area contributed by atoms with E-state index in [9.17, 15) is 9.59 Å². The summed E-state index contributed by atoms with van der Waals surface area (Å²) in [6.07, 6.45) is 1.53. The number of likely N-dealkylation sites (tertiary alicyclic amines) is 1. The molecule has 0 aliphatic carbocycles. The van der Waals surface area contributed by atoms with Crippen molar-refractivity contribution < 1.29 is 19.2 Å². The van der Waals surface area contributed by atoms with Crippen LogP contribution in [0.25, 0.3) is 10.6 Å². The number of thiophene rings is 1. The molecule has 25 heavy (non-hydrogen) atoms. The number of nitrogens with zero attached hydrogens (tertiary/aromatic N) is 3. The summed E-state index contributed by atoms with van der Waals surface area (Å²) in [4.78, 5) is 28.2. The fourth-order valence-corrected chi connectivity index (χ4v) is 3.85. The zero-order valence-electron chi connectivity index (χ0n) is 14.1. The standard InChI is InChI=1S/C17H21N3O4S/c1-2-19(11-16(21)22)12-5-7-20(8-6-12)17(23)13-10-14(24-18-13)15-4-3-9-25-15/h3-4,9-10,12H,2,5-8,11H2,1H3,(H,21,22). The van der Waals surface area contributed by atoms with Crippen molar-refractivity contribution in [2.45, 2.75) is 25.8 Å². The van der Waals surface area contributed by atoms with Gasteiger partial charge in [0.25, 0.3) is 5.91 Å². The molecule has 8 heteroatoms. The average molecular weight is 363 g/mol. The molecule has 1 fully saturated rings. The summed E-state index contributed by atoms with van der Waals surface area (Å²) >= 11 is 1.54. The summed E-state index contributed by atoms with van der Waals surface area (Å²) in [6.45, 7) is 3.89. The number of piperidine rings is 1. The normalized spacial score (nSPS) is 15.7. The summed E-state index contributed by atoms with van der Waals surface area (Å²) in [5.41, 5.74) is 0.319. The fourth-order valence-electron chi connectivity index (χ4n) is 3.18. The maximum absolute atomic E-state index is 12.6. The van der Waals surface area contributed by atoms with Crippen molar-refractivity contribution in [3.8, 4) is 10.6 Å². The first-order chi connectivity index (χ1) is 12.1. The molecule has 134 valence electrons. The Morgan fingerprint density at radius 3 is 2.80 bits per heavy atom. The Hall–Kier alpha value is -2.19. The van der Waals surface area contributed by atoms with Crippen LogP contribution >= 0.6 is 11.3 Å². The van der Waals surface area contributed by atoms with Gasteiger partial charge in [-0.15, -0.1) is 11.3 Å². The van der Waals surface area contributed by atoms with Crippen molar-refractivity contribution in [1.82, 2.24) is 15.0 Å². The topological polar surface area (TPSA) is 86.9 Å². The van der Waals surface area contributed by atoms with E-state index in [1.54, 1.807) is 11.0 Å². The highest BCUT2D eigenvalue weighted by Gasteiger charge is 2.29. The van der Waals surface area contributed by atoms with Crippen molar-refractivity contribution in [3.63, 3.8) is 0 Å². The first kappa shape index (κ1) is 17.6. The van der Waals surface area contributed by atoms with Crippen molar-refractivity contribution in [2.75, 3.05) is 26.2 Å². The fraction of sp³-hybridized carbons (Fsp3) is 0.471. The zero-order chi connectivity index (χ0) is 17.8. The van der Waals surface area contributed by atoms with Gasteiger partial charge in [-0.05, 0) is 30.8 Å². The van der Waals surface area contributed by atoms with E-state index >= 15 is 0 Å². The van der Waals surface area contributed by atoms with Crippen molar-refractivity contribution >= 4 is 23.2 Å². The third-order valence-electron chi connectivity index (χ3n) is 4.51. The molecule has 2 aromatic rings. The maximum Gasteiger partial charge on any atom is 0.317 e. The van der Waals surface area contributed by atoms with Crippen LogP contribution < -0.4 is 0 Å². The molecule has 1 saturated heterocycles. The van der Waals surface area contributed by atoms with Crippen LogP contribution in [0.2, 0.25) is 0 Å². The SMILES string of the molecule is CCN(CC(=O)O)C1CCN(C(=O)c2cc(-c3cccs3)on2)CC1. The molecule has 1 N–H and O–H groups in total. The Morgan fingerprint density at radius 1 is 1.44 bits per heavy atom. The molecule has 0 atom stereocenters. The minimum absolute atomic E-state index is 0.0442. The monoisotopic (exact) mass is 363 g/mol. The molecule has 0 saturated carbocycles. The molecule has 1 aliphatic rings. The quantitative estimate of drug-likeness (QED) is 0.848. The van der Waals surface area contributed by atoms with E-state index in [1.165, 1.54) is 11.3 Å². The lowest BCUT2D eigenvalue weighted by molar-refractivity contribution is -0.139. The molecule has 1 amide bonds. The Morgan fingerprint density at radius 2 is 2.20 bits per heavy atom. The van der Waals surface area contributed by atoms with Gasteiger partial charge in [-0.25, -0.2) is 0 Å². The second-order valence-electron chi connectivity index (χ2n) is 6.03. The van der Waals surface area contributed by atoms with E-state index in [-0.39, 0.29) is 18.5 Å². The highest BCUT2D eigenvalue weighted by molar-refractivity contribution is 7.13. The van der Waals surface area contributed by atoms with Crippen LogP contribution in [0, 0.1) is 0 Å². The number of aromatic nitrogens is 1. The van der Waals surface area contributed by atoms with Crippen LogP contribution in [0.5, 0.6) is 0 Å². The largest absolute Gasteiger partial charge is 0.480 e. The van der Waals surface area contributed by atoms with Crippen LogP contribution in [0.4, 0.5) is 0 Å². The Kier molecular flexibility index (Phi) is 5.50. The first-order valence-corrected chi connectivity index (χ1v) is 9.22. The zero-order valence-corrected chi connectivity index (χ0v) is 14.9. The number of rotatable bonds is 6. The van der Waals surface area contributed by atoms with E-state index in [0.29, 0.717) is 31.1 Å². The van der Waals surface area contributed by atoms with E-state index in [0.717, 1.165) is 17.7 Å². The van der Waals surface area contributed by atoms with Crippen LogP contribution in [0.1, 0.15) is 30.3 Å². The van der Waals surface area contributed by atoms with Gasteiger partial charge in [0.2, 0.25) is 0 Å². The first-order valence-electron chi connectivity index (χ1n) is 8.34. The highest BCUT2D eigenvalue weighted by atomic mass is 32.1. The van der Waals surface area contributed by atoms with Crippen molar-refractivity contribution in [3.05, 3.63) is 29.3 Å². The predicted octanol–water partition coefficient (Wildman–Crippen LogP) is 2.41. The van der Waals surface area contributed by atoms with Gasteiger partial charge >= 0.3 is 5.97 Å². The van der Waals surface area contributed by atoms with Gasteiger partial charge in [0.05, 0.1) is 11.4 Å². The molecule has 0 spiro atoms. The number of likely N-dealkylation sites (N-methyl/N-ethyl adjacent to an activating group) is 1. The van der Waals surface area contributed by atoms with Crippen molar-refractivity contribution in [1.29, 1.82) is 0 Å². The summed E-state index contributed by atoms with van der Waals surface area (Å²) in [7, 11) is 0. The lowest BCUT2D eigenvalue weighted by Gasteiger charge is -2.37. The molecular formula is C17H21N3O4S. The summed E-state index contributed by atoms with van der Waals surface area (Å²) in [6, 6.07) is 5.73. The lowest BCUT2D eigenvalue weighted by Crippen LogP contribution is -2.48. The van der Waals surface area contributed by atoms with E-state index in [4.69, 9.17) is 9.63 Å². The second kappa shape index (κ2) is 7.79. The number of aliphatic carboxylic acids is 1. The van der Waals surface area contributed by atoms with Gasteiger partial charge in [0.15, 0.2) is 11.5 Å². The van der Waals surface area contributed by atoms with Crippen molar-refractivity contribution in [2.24, 2.45) is 0 Å². The number of hydrogen-bond donors (Lipinski definition) is 1. The number of carbonyl (C=O) groups is 2. The predicted molar refractivity (Wildman–Crippen MR) is 93.6 cm³/mol. The van der Waals surface area contributed by atoms with Crippen LogP contribution in [-0.4, -0.2) is 64.2 Å². The number of carbonyl (C=O) groups excluding carboxylic acids is 1. The summed E-state index contributed by atoms with van der Waals surface area (Å²) < 4.78 is 5.28. The molecule has 3 rings (SSSR count).